The van der Waals surface area contributed by atoms with Crippen molar-refractivity contribution in [3.63, 3.8) is 0 Å². The minimum Gasteiger partial charge on any atom is -0.494 e. The maximum atomic E-state index is 12.6. The Kier molecular flexibility index (Phi) is 7.25. The summed E-state index contributed by atoms with van der Waals surface area (Å²) in [5.74, 6) is 0.988. The highest BCUT2D eigenvalue weighted by Crippen LogP contribution is 2.25. The summed E-state index contributed by atoms with van der Waals surface area (Å²) in [6, 6.07) is 17.5. The topological polar surface area (TPSA) is 42.0 Å². The highest BCUT2D eigenvalue weighted by molar-refractivity contribution is 5.94. The first-order valence-electron chi connectivity index (χ1n) is 11.6. The zero-order valence-electron chi connectivity index (χ0n) is 18.8. The minimum absolute atomic E-state index is 0.0799. The van der Waals surface area contributed by atoms with E-state index in [2.05, 4.69) is 30.9 Å². The third-order valence-electron chi connectivity index (χ3n) is 6.58. The Morgan fingerprint density at radius 1 is 0.935 bits per heavy atom. The molecule has 2 unspecified atom stereocenters. The Morgan fingerprint density at radius 2 is 1.52 bits per heavy atom. The highest BCUT2D eigenvalue weighted by atomic mass is 16.5. The second-order valence-corrected chi connectivity index (χ2v) is 8.72. The van der Waals surface area contributed by atoms with Crippen molar-refractivity contribution in [1.29, 1.82) is 0 Å². The van der Waals surface area contributed by atoms with Gasteiger partial charge < -0.3 is 14.4 Å². The lowest BCUT2D eigenvalue weighted by atomic mass is 10.0. The molecule has 2 heterocycles. The minimum atomic E-state index is 0.0799. The smallest absolute Gasteiger partial charge is 0.254 e. The molecule has 0 N–H and O–H groups in total. The van der Waals surface area contributed by atoms with Gasteiger partial charge in [0.1, 0.15) is 5.75 Å². The van der Waals surface area contributed by atoms with Gasteiger partial charge in [-0.25, -0.2) is 0 Å². The Morgan fingerprint density at radius 3 is 2.13 bits per heavy atom. The Labute approximate surface area is 185 Å². The lowest BCUT2D eigenvalue weighted by Gasteiger charge is -2.26. The van der Waals surface area contributed by atoms with Crippen LogP contribution in [-0.2, 0) is 4.74 Å². The quantitative estimate of drug-likeness (QED) is 0.618. The van der Waals surface area contributed by atoms with E-state index < -0.39 is 0 Å². The lowest BCUT2D eigenvalue weighted by Crippen LogP contribution is -2.40. The van der Waals surface area contributed by atoms with Crippen LogP contribution in [-0.4, -0.2) is 67.2 Å². The maximum Gasteiger partial charge on any atom is 0.254 e. The van der Waals surface area contributed by atoms with Crippen LogP contribution in [0.25, 0.3) is 11.1 Å². The third kappa shape index (κ3) is 5.46. The number of ether oxygens (including phenoxy) is 2. The van der Waals surface area contributed by atoms with E-state index in [1.54, 1.807) is 0 Å². The number of morpholine rings is 1. The van der Waals surface area contributed by atoms with Crippen molar-refractivity contribution in [2.24, 2.45) is 0 Å². The van der Waals surface area contributed by atoms with Crippen molar-refractivity contribution in [1.82, 2.24) is 9.80 Å². The molecule has 2 aromatic carbocycles. The number of carbonyl (C=O) groups is 1. The van der Waals surface area contributed by atoms with E-state index >= 15 is 0 Å². The fourth-order valence-electron chi connectivity index (χ4n) is 4.62. The average molecular weight is 423 g/mol. The van der Waals surface area contributed by atoms with E-state index in [9.17, 15) is 4.79 Å². The Hall–Kier alpha value is -2.37. The highest BCUT2D eigenvalue weighted by Gasteiger charge is 2.26. The Bertz CT molecular complexity index is 834. The van der Waals surface area contributed by atoms with E-state index in [0.29, 0.717) is 38.4 Å². The van der Waals surface area contributed by atoms with Crippen LogP contribution in [0, 0.1) is 0 Å². The van der Waals surface area contributed by atoms with Crippen LogP contribution in [0.1, 0.15) is 43.5 Å². The number of hydrogen-bond acceptors (Lipinski definition) is 4. The van der Waals surface area contributed by atoms with Gasteiger partial charge in [0.15, 0.2) is 0 Å². The van der Waals surface area contributed by atoms with Crippen LogP contribution in [0.3, 0.4) is 0 Å². The van der Waals surface area contributed by atoms with Gasteiger partial charge in [0, 0.05) is 37.3 Å². The van der Waals surface area contributed by atoms with Gasteiger partial charge in [-0.2, -0.15) is 0 Å². The van der Waals surface area contributed by atoms with E-state index in [1.165, 1.54) is 12.8 Å². The van der Waals surface area contributed by atoms with Gasteiger partial charge in [-0.05, 0) is 68.5 Å². The van der Waals surface area contributed by atoms with E-state index in [1.807, 2.05) is 41.3 Å². The Balaban J connectivity index is 1.27. The fraction of sp³-hybridized carbons (Fsp3) is 0.500. The molecule has 0 radical (unpaired) electrons. The summed E-state index contributed by atoms with van der Waals surface area (Å²) in [5.41, 5.74) is 2.95. The van der Waals surface area contributed by atoms with Gasteiger partial charge in [-0.15, -0.1) is 0 Å². The van der Waals surface area contributed by atoms with Crippen molar-refractivity contribution in [2.75, 3.05) is 39.5 Å². The molecule has 0 bridgehead atoms. The van der Waals surface area contributed by atoms with E-state index in [-0.39, 0.29) is 5.91 Å². The summed E-state index contributed by atoms with van der Waals surface area (Å²) in [5, 5.41) is 0. The van der Waals surface area contributed by atoms with Gasteiger partial charge in [0.05, 0.1) is 19.8 Å². The molecule has 2 atom stereocenters. The monoisotopic (exact) mass is 422 g/mol. The molecule has 31 heavy (non-hydrogen) atoms. The largest absolute Gasteiger partial charge is 0.494 e. The van der Waals surface area contributed by atoms with Crippen LogP contribution < -0.4 is 4.74 Å². The summed E-state index contributed by atoms with van der Waals surface area (Å²) < 4.78 is 11.3. The molecule has 5 nitrogen and oxygen atoms in total. The summed E-state index contributed by atoms with van der Waals surface area (Å²) in [4.78, 5) is 17.0. The molecule has 2 saturated heterocycles. The van der Waals surface area contributed by atoms with Crippen LogP contribution in [0.5, 0.6) is 5.75 Å². The molecular weight excluding hydrogens is 388 g/mol. The van der Waals surface area contributed by atoms with E-state index in [0.717, 1.165) is 42.0 Å². The first kappa shape index (κ1) is 21.8. The second kappa shape index (κ2) is 10.3. The van der Waals surface area contributed by atoms with Crippen molar-refractivity contribution >= 4 is 5.91 Å². The number of hydrogen-bond donors (Lipinski definition) is 0. The van der Waals surface area contributed by atoms with Gasteiger partial charge in [0.25, 0.3) is 5.91 Å². The number of benzene rings is 2. The first-order chi connectivity index (χ1) is 15.1. The number of rotatable bonds is 7. The average Bonchev–Trinajstić information content (AvgIpc) is 3.14. The number of amides is 1. The molecule has 0 aliphatic carbocycles. The zero-order valence-corrected chi connectivity index (χ0v) is 18.8. The number of likely N-dealkylation sites (tertiary alicyclic amines) is 1. The molecule has 1 amide bonds. The molecule has 2 aliphatic heterocycles. The lowest BCUT2D eigenvalue weighted by molar-refractivity contribution is 0.0303. The van der Waals surface area contributed by atoms with Gasteiger partial charge in [-0.3, -0.25) is 9.69 Å². The first-order valence-corrected chi connectivity index (χ1v) is 11.6. The van der Waals surface area contributed by atoms with Crippen molar-refractivity contribution < 1.29 is 14.3 Å². The fourth-order valence-corrected chi connectivity index (χ4v) is 4.62. The van der Waals surface area contributed by atoms with Gasteiger partial charge in [0.2, 0.25) is 0 Å². The van der Waals surface area contributed by atoms with Crippen LogP contribution in [0.2, 0.25) is 0 Å². The third-order valence-corrected chi connectivity index (χ3v) is 6.58. The molecular formula is C26H34N2O3. The predicted molar refractivity (Wildman–Crippen MR) is 124 cm³/mol. The van der Waals surface area contributed by atoms with Gasteiger partial charge >= 0.3 is 0 Å². The molecule has 0 spiro atoms. The van der Waals surface area contributed by atoms with Crippen molar-refractivity contribution in [3.05, 3.63) is 54.1 Å². The van der Waals surface area contributed by atoms with Crippen molar-refractivity contribution in [3.8, 4) is 16.9 Å². The SMILES string of the molecule is CC1CCC(C)N1CCCOc1ccc(-c2ccc(C(=O)N3CCOCC3)cc2)cc1. The van der Waals surface area contributed by atoms with Gasteiger partial charge in [-0.1, -0.05) is 24.3 Å². The molecule has 166 valence electrons. The maximum absolute atomic E-state index is 12.6. The molecule has 2 aliphatic rings. The van der Waals surface area contributed by atoms with Crippen molar-refractivity contribution in [2.45, 2.75) is 45.2 Å². The molecule has 0 aromatic heterocycles. The molecule has 0 saturated carbocycles. The summed E-state index contributed by atoms with van der Waals surface area (Å²) >= 11 is 0. The standard InChI is InChI=1S/C26H34N2O3/c1-20-4-5-21(2)28(20)14-3-17-31-25-12-10-23(11-13-25)22-6-8-24(9-7-22)26(29)27-15-18-30-19-16-27/h6-13,20-21H,3-5,14-19H2,1-2H3. The van der Waals surface area contributed by atoms with Crippen LogP contribution in [0.15, 0.2) is 48.5 Å². The molecule has 4 rings (SSSR count). The number of nitrogens with zero attached hydrogens (tertiary/aromatic N) is 2. The summed E-state index contributed by atoms with van der Waals surface area (Å²) in [6.07, 6.45) is 3.67. The van der Waals surface area contributed by atoms with Crippen LogP contribution >= 0.6 is 0 Å². The molecule has 5 heteroatoms. The summed E-state index contributed by atoms with van der Waals surface area (Å²) in [6.45, 7) is 9.08. The van der Waals surface area contributed by atoms with E-state index in [4.69, 9.17) is 9.47 Å². The zero-order chi connectivity index (χ0) is 21.6. The molecule has 2 aromatic rings. The summed E-state index contributed by atoms with van der Waals surface area (Å²) in [7, 11) is 0. The predicted octanol–water partition coefficient (Wildman–Crippen LogP) is 4.47. The second-order valence-electron chi connectivity index (χ2n) is 8.72. The van der Waals surface area contributed by atoms with Crippen LogP contribution in [0.4, 0.5) is 0 Å². The number of carbonyl (C=O) groups excluding carboxylic acids is 1. The normalized spacial score (nSPS) is 21.9. The molecule has 2 fully saturated rings.